The van der Waals surface area contributed by atoms with Crippen LogP contribution in [0.3, 0.4) is 0 Å². The quantitative estimate of drug-likeness (QED) is 0.392. The molecule has 1 atom stereocenters. The Morgan fingerprint density at radius 1 is 1.38 bits per heavy atom. The van der Waals surface area contributed by atoms with E-state index >= 15 is 0 Å². The monoisotopic (exact) mass is 366 g/mol. The highest BCUT2D eigenvalue weighted by molar-refractivity contribution is 5.95. The molecule has 1 fully saturated rings. The molecule has 1 aliphatic heterocycles. The zero-order valence-electron chi connectivity index (χ0n) is 14.8. The molecule has 1 amide bonds. The minimum absolute atomic E-state index is 0.0349. The Kier molecular flexibility index (Phi) is 6.90. The molecule has 2 rings (SSSR count). The topological polar surface area (TPSA) is 108 Å². The molecule has 142 valence electrons. The maximum atomic E-state index is 12.9. The first-order valence-electron chi connectivity index (χ1n) is 8.26. The molecule has 1 aromatic rings. The largest absolute Gasteiger partial charge is 0.490 e. The third-order valence-corrected chi connectivity index (χ3v) is 4.17. The van der Waals surface area contributed by atoms with Gasteiger partial charge in [0.25, 0.3) is 5.91 Å². The lowest BCUT2D eigenvalue weighted by Crippen LogP contribution is -2.39. The molecule has 9 heteroatoms. The van der Waals surface area contributed by atoms with Crippen LogP contribution >= 0.6 is 0 Å². The maximum absolute atomic E-state index is 12.9. The van der Waals surface area contributed by atoms with Crippen molar-refractivity contribution < 1.29 is 28.7 Å². The minimum atomic E-state index is -0.603. The number of carbonyl (C=O) groups is 2. The van der Waals surface area contributed by atoms with Crippen molar-refractivity contribution in [3.63, 3.8) is 0 Å². The molecule has 0 bridgehead atoms. The van der Waals surface area contributed by atoms with Gasteiger partial charge in [0, 0.05) is 31.3 Å². The molecule has 1 heterocycles. The second-order valence-corrected chi connectivity index (χ2v) is 5.86. The van der Waals surface area contributed by atoms with Crippen LogP contribution in [0.5, 0.6) is 5.75 Å². The van der Waals surface area contributed by atoms with Crippen molar-refractivity contribution in [1.82, 2.24) is 4.90 Å². The molecule has 0 radical (unpaired) electrons. The summed E-state index contributed by atoms with van der Waals surface area (Å²) in [6.45, 7) is 1.10. The Bertz CT molecular complexity index is 671. The maximum Gasteiger partial charge on any atom is 0.311 e. The fraction of sp³-hybridized carbons (Fsp3) is 0.529. The lowest BCUT2D eigenvalue weighted by Gasteiger charge is -2.25. The van der Waals surface area contributed by atoms with Crippen LogP contribution in [0.25, 0.3) is 0 Å². The molecule has 1 saturated heterocycles. The number of hydrogen-bond donors (Lipinski definition) is 0. The Labute approximate surface area is 151 Å². The van der Waals surface area contributed by atoms with Crippen molar-refractivity contribution in [2.45, 2.75) is 25.4 Å². The van der Waals surface area contributed by atoms with E-state index in [0.29, 0.717) is 13.2 Å². The lowest BCUT2D eigenvalue weighted by molar-refractivity contribution is -0.385. The van der Waals surface area contributed by atoms with Gasteiger partial charge in [0.1, 0.15) is 0 Å². The normalized spacial score (nSPS) is 16.2. The first kappa shape index (κ1) is 19.6. The molecule has 0 aromatic heterocycles. The molecule has 0 saturated carbocycles. The number of methoxy groups -OCH3 is 2. The zero-order chi connectivity index (χ0) is 19.1. The summed E-state index contributed by atoms with van der Waals surface area (Å²) in [4.78, 5) is 36.4. The van der Waals surface area contributed by atoms with Crippen LogP contribution < -0.4 is 4.74 Å². The smallest absolute Gasteiger partial charge is 0.311 e. The van der Waals surface area contributed by atoms with E-state index in [2.05, 4.69) is 4.74 Å². The summed E-state index contributed by atoms with van der Waals surface area (Å²) >= 11 is 0. The number of nitro benzene ring substituents is 1. The number of nitrogens with zero attached hydrogens (tertiary/aromatic N) is 2. The predicted molar refractivity (Wildman–Crippen MR) is 91.2 cm³/mol. The van der Waals surface area contributed by atoms with Crippen LogP contribution in [0.1, 0.15) is 29.6 Å². The Morgan fingerprint density at radius 2 is 2.15 bits per heavy atom. The van der Waals surface area contributed by atoms with Crippen molar-refractivity contribution in [3.8, 4) is 5.75 Å². The van der Waals surface area contributed by atoms with E-state index in [1.165, 1.54) is 37.3 Å². The second kappa shape index (κ2) is 9.14. The number of benzene rings is 1. The average Bonchev–Trinajstić information content (AvgIpc) is 3.16. The van der Waals surface area contributed by atoms with Gasteiger partial charge in [-0.15, -0.1) is 0 Å². The van der Waals surface area contributed by atoms with Gasteiger partial charge in [-0.2, -0.15) is 0 Å². The molecular formula is C17H22N2O7. The van der Waals surface area contributed by atoms with Gasteiger partial charge < -0.3 is 19.1 Å². The van der Waals surface area contributed by atoms with E-state index in [0.717, 1.165) is 12.8 Å². The molecule has 26 heavy (non-hydrogen) atoms. The first-order valence-corrected chi connectivity index (χ1v) is 8.26. The highest BCUT2D eigenvalue weighted by Crippen LogP contribution is 2.28. The molecule has 1 unspecified atom stereocenters. The molecule has 9 nitrogen and oxygen atoms in total. The number of ether oxygens (including phenoxy) is 3. The van der Waals surface area contributed by atoms with Crippen LogP contribution in [-0.4, -0.2) is 61.7 Å². The predicted octanol–water partition coefficient (Wildman–Crippen LogP) is 1.79. The van der Waals surface area contributed by atoms with Gasteiger partial charge in [-0.05, 0) is 25.0 Å². The number of carbonyl (C=O) groups excluding carboxylic acids is 2. The number of rotatable bonds is 8. The van der Waals surface area contributed by atoms with Crippen molar-refractivity contribution >= 4 is 17.6 Å². The average molecular weight is 366 g/mol. The summed E-state index contributed by atoms with van der Waals surface area (Å²) in [5, 5.41) is 11.2. The summed E-state index contributed by atoms with van der Waals surface area (Å²) in [5.74, 6) is -0.766. The number of nitro groups is 1. The zero-order valence-corrected chi connectivity index (χ0v) is 14.8. The SMILES string of the molecule is COC(=O)CCN(CC1CCCO1)C(=O)c1ccc(OC)c([N+](=O)[O-])c1. The highest BCUT2D eigenvalue weighted by Gasteiger charge is 2.26. The van der Waals surface area contributed by atoms with Gasteiger partial charge in [0.15, 0.2) is 5.75 Å². The Morgan fingerprint density at radius 3 is 2.73 bits per heavy atom. The fourth-order valence-electron chi connectivity index (χ4n) is 2.79. The Balaban J connectivity index is 2.21. The van der Waals surface area contributed by atoms with Crippen LogP contribution in [-0.2, 0) is 14.3 Å². The number of esters is 1. The van der Waals surface area contributed by atoms with Gasteiger partial charge in [-0.3, -0.25) is 19.7 Å². The molecule has 0 aliphatic carbocycles. The van der Waals surface area contributed by atoms with Crippen LogP contribution in [0.2, 0.25) is 0 Å². The van der Waals surface area contributed by atoms with E-state index in [1.54, 1.807) is 0 Å². The Hall–Kier alpha value is -2.68. The highest BCUT2D eigenvalue weighted by atomic mass is 16.6. The third-order valence-electron chi connectivity index (χ3n) is 4.17. The van der Waals surface area contributed by atoms with Crippen molar-refractivity contribution in [2.24, 2.45) is 0 Å². The lowest BCUT2D eigenvalue weighted by atomic mass is 10.1. The molecule has 1 aliphatic rings. The summed E-state index contributed by atoms with van der Waals surface area (Å²) in [7, 11) is 2.60. The molecular weight excluding hydrogens is 344 g/mol. The van der Waals surface area contributed by atoms with Crippen LogP contribution in [0, 0.1) is 10.1 Å². The van der Waals surface area contributed by atoms with E-state index in [9.17, 15) is 19.7 Å². The minimum Gasteiger partial charge on any atom is -0.490 e. The van der Waals surface area contributed by atoms with Crippen LogP contribution in [0.15, 0.2) is 18.2 Å². The number of hydrogen-bond acceptors (Lipinski definition) is 7. The summed E-state index contributed by atoms with van der Waals surface area (Å²) < 4.78 is 15.1. The molecule has 0 spiro atoms. The van der Waals surface area contributed by atoms with Crippen molar-refractivity contribution in [2.75, 3.05) is 33.9 Å². The van der Waals surface area contributed by atoms with Gasteiger partial charge in [0.2, 0.25) is 0 Å². The van der Waals surface area contributed by atoms with Gasteiger partial charge >= 0.3 is 11.7 Å². The van der Waals surface area contributed by atoms with Crippen molar-refractivity contribution in [1.29, 1.82) is 0 Å². The second-order valence-electron chi connectivity index (χ2n) is 5.86. The van der Waals surface area contributed by atoms with E-state index in [-0.39, 0.29) is 36.1 Å². The van der Waals surface area contributed by atoms with Crippen LogP contribution in [0.4, 0.5) is 5.69 Å². The van der Waals surface area contributed by atoms with E-state index in [1.807, 2.05) is 0 Å². The fourth-order valence-corrected chi connectivity index (χ4v) is 2.79. The van der Waals surface area contributed by atoms with E-state index in [4.69, 9.17) is 9.47 Å². The first-order chi connectivity index (χ1) is 12.5. The van der Waals surface area contributed by atoms with E-state index < -0.39 is 16.8 Å². The summed E-state index contributed by atoms with van der Waals surface area (Å²) in [5.41, 5.74) is -0.135. The molecule has 0 N–H and O–H groups in total. The van der Waals surface area contributed by atoms with Crippen molar-refractivity contribution in [3.05, 3.63) is 33.9 Å². The van der Waals surface area contributed by atoms with Gasteiger partial charge in [-0.1, -0.05) is 0 Å². The molecule has 1 aromatic carbocycles. The number of amides is 1. The summed E-state index contributed by atoms with van der Waals surface area (Å²) in [6.07, 6.45) is 1.67. The summed E-state index contributed by atoms with van der Waals surface area (Å²) in [6, 6.07) is 4.03. The van der Waals surface area contributed by atoms with Gasteiger partial charge in [-0.25, -0.2) is 0 Å². The standard InChI is InChI=1S/C17H22N2O7/c1-24-15-6-5-12(10-14(15)19(22)23)17(21)18(8-7-16(20)25-2)11-13-4-3-9-26-13/h5-6,10,13H,3-4,7-9,11H2,1-2H3. The third kappa shape index (κ3) is 4.92. The van der Waals surface area contributed by atoms with Gasteiger partial charge in [0.05, 0.1) is 31.7 Å².